The van der Waals surface area contributed by atoms with Crippen molar-refractivity contribution < 1.29 is 0 Å². The van der Waals surface area contributed by atoms with Crippen molar-refractivity contribution in [2.75, 3.05) is 11.9 Å². The Morgan fingerprint density at radius 3 is 2.89 bits per heavy atom. The fourth-order valence-electron chi connectivity index (χ4n) is 1.68. The maximum absolute atomic E-state index is 4.25. The first kappa shape index (κ1) is 11.0. The lowest BCUT2D eigenvalue weighted by Gasteiger charge is -2.05. The second-order valence-electron chi connectivity index (χ2n) is 3.70. The van der Waals surface area contributed by atoms with Gasteiger partial charge in [-0.25, -0.2) is 19.9 Å². The molecule has 3 aromatic heterocycles. The van der Waals surface area contributed by atoms with Crippen molar-refractivity contribution in [2.45, 2.75) is 6.42 Å². The molecule has 6 heteroatoms. The highest BCUT2D eigenvalue weighted by Gasteiger charge is 2.04. The number of thiophene rings is 1. The molecule has 5 nitrogen and oxygen atoms in total. The molecule has 3 rings (SSSR count). The molecule has 0 aliphatic carbocycles. The Morgan fingerprint density at radius 1 is 1.11 bits per heavy atom. The topological polar surface area (TPSA) is 63.6 Å². The molecule has 18 heavy (non-hydrogen) atoms. The van der Waals surface area contributed by atoms with Gasteiger partial charge in [0.2, 0.25) is 0 Å². The summed E-state index contributed by atoms with van der Waals surface area (Å²) in [6.07, 6.45) is 5.87. The van der Waals surface area contributed by atoms with Gasteiger partial charge in [0.1, 0.15) is 22.8 Å². The van der Waals surface area contributed by atoms with E-state index in [1.165, 1.54) is 0 Å². The number of nitrogens with zero attached hydrogens (tertiary/aromatic N) is 4. The fourth-order valence-corrected chi connectivity index (χ4v) is 2.42. The van der Waals surface area contributed by atoms with Crippen molar-refractivity contribution in [1.29, 1.82) is 0 Å². The van der Waals surface area contributed by atoms with Gasteiger partial charge in [-0.15, -0.1) is 11.3 Å². The predicted molar refractivity (Wildman–Crippen MR) is 71.6 cm³/mol. The van der Waals surface area contributed by atoms with E-state index in [4.69, 9.17) is 0 Å². The summed E-state index contributed by atoms with van der Waals surface area (Å²) in [4.78, 5) is 17.8. The summed E-state index contributed by atoms with van der Waals surface area (Å²) in [6.45, 7) is 0.756. The number of hydrogen-bond acceptors (Lipinski definition) is 6. The molecular weight excluding hydrogens is 246 g/mol. The van der Waals surface area contributed by atoms with Gasteiger partial charge >= 0.3 is 0 Å². The Morgan fingerprint density at radius 2 is 2.00 bits per heavy atom. The van der Waals surface area contributed by atoms with Crippen LogP contribution in [0.1, 0.15) is 5.82 Å². The van der Waals surface area contributed by atoms with Crippen LogP contribution < -0.4 is 5.32 Å². The van der Waals surface area contributed by atoms with Crippen LogP contribution in [-0.4, -0.2) is 26.5 Å². The van der Waals surface area contributed by atoms with E-state index in [1.54, 1.807) is 30.1 Å². The third-order valence-electron chi connectivity index (χ3n) is 2.52. The molecule has 1 N–H and O–H groups in total. The van der Waals surface area contributed by atoms with Gasteiger partial charge in [0.25, 0.3) is 0 Å². The van der Waals surface area contributed by atoms with E-state index in [1.807, 2.05) is 17.5 Å². The SMILES string of the molecule is c1cnc(CCNc2ncnc3sccc23)nc1. The van der Waals surface area contributed by atoms with E-state index in [9.17, 15) is 0 Å². The maximum atomic E-state index is 4.25. The molecule has 0 aliphatic heterocycles. The van der Waals surface area contributed by atoms with Crippen LogP contribution >= 0.6 is 11.3 Å². The molecule has 0 radical (unpaired) electrons. The van der Waals surface area contributed by atoms with E-state index in [2.05, 4.69) is 25.3 Å². The van der Waals surface area contributed by atoms with E-state index < -0.39 is 0 Å². The maximum Gasteiger partial charge on any atom is 0.138 e. The molecule has 0 saturated heterocycles. The number of anilines is 1. The van der Waals surface area contributed by atoms with Crippen molar-refractivity contribution in [3.05, 3.63) is 42.1 Å². The number of nitrogens with one attached hydrogen (secondary N) is 1. The number of aromatic nitrogens is 4. The molecule has 90 valence electrons. The van der Waals surface area contributed by atoms with Crippen molar-refractivity contribution >= 4 is 27.4 Å². The first-order valence-corrected chi connectivity index (χ1v) is 6.49. The van der Waals surface area contributed by atoms with E-state index in [0.717, 1.165) is 34.8 Å². The molecule has 0 spiro atoms. The zero-order valence-electron chi connectivity index (χ0n) is 9.58. The molecule has 0 aromatic carbocycles. The lowest BCUT2D eigenvalue weighted by atomic mass is 10.3. The van der Waals surface area contributed by atoms with Crippen LogP contribution in [0.15, 0.2) is 36.2 Å². The van der Waals surface area contributed by atoms with Crippen LogP contribution in [0.25, 0.3) is 10.2 Å². The molecule has 0 aliphatic rings. The molecule has 0 amide bonds. The van der Waals surface area contributed by atoms with Crippen molar-refractivity contribution in [3.63, 3.8) is 0 Å². The molecule has 3 heterocycles. The van der Waals surface area contributed by atoms with Crippen molar-refractivity contribution in [2.24, 2.45) is 0 Å². The number of hydrogen-bond donors (Lipinski definition) is 1. The lowest BCUT2D eigenvalue weighted by molar-refractivity contribution is 0.890. The highest BCUT2D eigenvalue weighted by molar-refractivity contribution is 7.16. The monoisotopic (exact) mass is 257 g/mol. The summed E-state index contributed by atoms with van der Waals surface area (Å²) in [5.74, 6) is 1.71. The average Bonchev–Trinajstić information content (AvgIpc) is 2.89. The first-order chi connectivity index (χ1) is 8.93. The van der Waals surface area contributed by atoms with Crippen molar-refractivity contribution in [1.82, 2.24) is 19.9 Å². The van der Waals surface area contributed by atoms with Crippen molar-refractivity contribution in [3.8, 4) is 0 Å². The Bertz CT molecular complexity index is 637. The molecule has 3 aromatic rings. The standard InChI is InChI=1S/C12H11N5S/c1-4-13-10(14-5-1)2-6-15-11-9-3-7-18-12(9)17-8-16-11/h1,3-5,7-8H,2,6H2,(H,15,16,17). The predicted octanol–water partition coefficient (Wildman–Crippen LogP) is 2.14. The Kier molecular flexibility index (Phi) is 3.10. The van der Waals surface area contributed by atoms with Gasteiger partial charge in [-0.2, -0.15) is 0 Å². The highest BCUT2D eigenvalue weighted by Crippen LogP contribution is 2.23. The van der Waals surface area contributed by atoms with Crippen LogP contribution in [0.5, 0.6) is 0 Å². The summed E-state index contributed by atoms with van der Waals surface area (Å²) in [6, 6.07) is 3.84. The molecule has 0 bridgehead atoms. The van der Waals surface area contributed by atoms with Gasteiger partial charge in [0, 0.05) is 25.4 Å². The summed E-state index contributed by atoms with van der Waals surface area (Å²) in [5, 5.41) is 6.38. The Hall–Kier alpha value is -2.08. The first-order valence-electron chi connectivity index (χ1n) is 5.61. The fraction of sp³-hybridized carbons (Fsp3) is 0.167. The molecule has 0 fully saturated rings. The largest absolute Gasteiger partial charge is 0.369 e. The van der Waals surface area contributed by atoms with Gasteiger partial charge in [-0.05, 0) is 17.5 Å². The quantitative estimate of drug-likeness (QED) is 0.775. The van der Waals surface area contributed by atoms with E-state index >= 15 is 0 Å². The molecular formula is C12H11N5S. The zero-order valence-corrected chi connectivity index (χ0v) is 10.4. The summed E-state index contributed by atoms with van der Waals surface area (Å²) >= 11 is 1.62. The molecule has 0 atom stereocenters. The van der Waals surface area contributed by atoms with E-state index in [0.29, 0.717) is 0 Å². The molecule has 0 unspecified atom stereocenters. The Labute approximate surface area is 108 Å². The summed E-state index contributed by atoms with van der Waals surface area (Å²) < 4.78 is 0. The average molecular weight is 257 g/mol. The van der Waals surface area contributed by atoms with Crippen LogP contribution in [0.2, 0.25) is 0 Å². The van der Waals surface area contributed by atoms with Gasteiger partial charge in [-0.1, -0.05) is 0 Å². The second kappa shape index (κ2) is 5.05. The number of rotatable bonds is 4. The highest BCUT2D eigenvalue weighted by atomic mass is 32.1. The number of fused-ring (bicyclic) bond motifs is 1. The van der Waals surface area contributed by atoms with E-state index in [-0.39, 0.29) is 0 Å². The third-order valence-corrected chi connectivity index (χ3v) is 3.34. The van der Waals surface area contributed by atoms with Crippen LogP contribution in [0.4, 0.5) is 5.82 Å². The molecule has 0 saturated carbocycles. The zero-order chi connectivity index (χ0) is 12.2. The van der Waals surface area contributed by atoms with Crippen LogP contribution in [-0.2, 0) is 6.42 Å². The summed E-state index contributed by atoms with van der Waals surface area (Å²) in [5.41, 5.74) is 0. The van der Waals surface area contributed by atoms with Crippen LogP contribution in [0.3, 0.4) is 0 Å². The second-order valence-corrected chi connectivity index (χ2v) is 4.60. The van der Waals surface area contributed by atoms with Gasteiger partial charge < -0.3 is 5.32 Å². The minimum absolute atomic E-state index is 0.756. The Balaban J connectivity index is 1.68. The normalized spacial score (nSPS) is 10.7. The summed E-state index contributed by atoms with van der Waals surface area (Å²) in [7, 11) is 0. The van der Waals surface area contributed by atoms with Gasteiger partial charge in [0.15, 0.2) is 0 Å². The lowest BCUT2D eigenvalue weighted by Crippen LogP contribution is -2.08. The third kappa shape index (κ3) is 2.28. The van der Waals surface area contributed by atoms with Crippen LogP contribution in [0, 0.1) is 0 Å². The van der Waals surface area contributed by atoms with Gasteiger partial charge in [0.05, 0.1) is 5.39 Å². The smallest absolute Gasteiger partial charge is 0.138 e. The van der Waals surface area contributed by atoms with Gasteiger partial charge in [-0.3, -0.25) is 0 Å². The minimum Gasteiger partial charge on any atom is -0.369 e. The minimum atomic E-state index is 0.756.